The highest BCUT2D eigenvalue weighted by Crippen LogP contribution is 2.45. The molecule has 31 nitrogen and oxygen atoms in total. The van der Waals surface area contributed by atoms with Gasteiger partial charge in [0.05, 0.1) is 65.4 Å². The molecule has 0 heterocycles. The van der Waals surface area contributed by atoms with Crippen molar-refractivity contribution in [3.05, 3.63) is 0 Å². The molecule has 0 aromatic heterocycles. The fourth-order valence-corrected chi connectivity index (χ4v) is 16.9. The van der Waals surface area contributed by atoms with Crippen LogP contribution in [0.5, 0.6) is 0 Å². The number of guanidine groups is 1. The fourth-order valence-electron chi connectivity index (χ4n) is 16.9. The number of hydrogen-bond acceptors (Lipinski definition) is 24. The highest BCUT2D eigenvalue weighted by atomic mass is 16.3. The van der Waals surface area contributed by atoms with Crippen molar-refractivity contribution in [3.8, 4) is 0 Å². The number of nitrogens with two attached hydrogens (primary N) is 7. The zero-order valence-electron chi connectivity index (χ0n) is 76.5. The Hall–Kier alpha value is -7.00. The van der Waals surface area contributed by atoms with Crippen LogP contribution in [-0.2, 0) is 38.4 Å². The monoisotopic (exact) mass is 1680 g/mol. The lowest BCUT2D eigenvalue weighted by atomic mass is 9.65. The number of amidine groups is 5. The number of carbonyl (C=O) groups excluding carboxylic acids is 8. The lowest BCUT2D eigenvalue weighted by molar-refractivity contribution is -0.155. The van der Waals surface area contributed by atoms with Crippen molar-refractivity contribution in [2.45, 2.75) is 401 Å². The molecular weight excluding hydrogens is 1520 g/mol. The number of nitrogens with zero attached hydrogens (tertiary/aromatic N) is 6. The number of aliphatic imine (C=N–C) groups is 6. The van der Waals surface area contributed by atoms with Crippen molar-refractivity contribution in [2.75, 3.05) is 0 Å². The summed E-state index contributed by atoms with van der Waals surface area (Å²) in [6, 6.07) is -1.48. The number of rotatable bonds is 26. The van der Waals surface area contributed by atoms with Crippen LogP contribution in [0.4, 0.5) is 0 Å². The predicted molar refractivity (Wildman–Crippen MR) is 473 cm³/mol. The molecule has 0 aromatic carbocycles. The van der Waals surface area contributed by atoms with E-state index in [9.17, 15) is 79.2 Å². The quantitative estimate of drug-likeness (QED) is 0.0287. The van der Waals surface area contributed by atoms with Gasteiger partial charge in [-0.2, -0.15) is 0 Å². The van der Waals surface area contributed by atoms with Gasteiger partial charge in [0.2, 0.25) is 0 Å². The molecule has 0 amide bonds. The Balaban J connectivity index is 0.000000681. The van der Waals surface area contributed by atoms with Gasteiger partial charge in [-0.05, 0) is 195 Å². The summed E-state index contributed by atoms with van der Waals surface area (Å²) in [6.45, 7) is 40.9. The number of carbonyl (C=O) groups is 8. The van der Waals surface area contributed by atoms with Gasteiger partial charge >= 0.3 is 0 Å². The lowest BCUT2D eigenvalue weighted by Gasteiger charge is -2.43. The lowest BCUT2D eigenvalue weighted by Crippen LogP contribution is -2.58. The van der Waals surface area contributed by atoms with Gasteiger partial charge in [0.1, 0.15) is 44.8 Å². The minimum Gasteiger partial charge on any atom is -0.388 e. The molecule has 0 bridgehead atoms. The molecule has 8 fully saturated rings. The van der Waals surface area contributed by atoms with E-state index in [0.717, 1.165) is 70.6 Å². The minimum absolute atomic E-state index is 0.00792. The Labute approximate surface area is 709 Å². The second kappa shape index (κ2) is 47.6. The largest absolute Gasteiger partial charge is 0.388 e. The van der Waals surface area contributed by atoms with Gasteiger partial charge in [0.15, 0.2) is 52.2 Å². The normalized spacial score (nSPS) is 31.8. The summed E-state index contributed by atoms with van der Waals surface area (Å²) in [5, 5.41) is 96.0. The van der Waals surface area contributed by atoms with E-state index in [1.54, 1.807) is 96.9 Å². The molecule has 0 spiro atoms. The molecule has 8 rings (SSSR count). The van der Waals surface area contributed by atoms with Crippen molar-refractivity contribution in [2.24, 2.45) is 129 Å². The Morgan fingerprint density at radius 3 is 0.933 bits per heavy atom. The Bertz CT molecular complexity index is 3590. The van der Waals surface area contributed by atoms with Crippen LogP contribution in [0, 0.1) is 70.0 Å². The van der Waals surface area contributed by atoms with E-state index in [-0.39, 0.29) is 136 Å². The third kappa shape index (κ3) is 33.6. The number of hydrogen-bond donors (Lipinski definition) is 17. The van der Waals surface area contributed by atoms with Gasteiger partial charge in [0, 0.05) is 78.0 Å². The maximum atomic E-state index is 12.1. The maximum Gasteiger partial charge on any atom is 0.186 e. The van der Waals surface area contributed by atoms with Crippen LogP contribution in [-0.4, -0.2) is 215 Å². The molecule has 0 aliphatic heterocycles. The molecule has 31 heteroatoms. The molecule has 8 aliphatic carbocycles. The molecule has 682 valence electrons. The van der Waals surface area contributed by atoms with E-state index < -0.39 is 44.8 Å². The average Bonchev–Trinajstić information content (AvgIpc) is 1.74. The minimum atomic E-state index is -1.30. The standard InChI is InChI=1S/C13H23NO2.2C12H22N2O2.C11H20N2O2.C11H19NO2.C10H19N3O2.C10H18N2O2.C9H16N2O2/c1-9(2)12(15)13(16)6-4-11(5-7-13)8-10(3)14;1-8(2)11(15)12(16)6-4-5-10(7-12)14-9(3)13;1-8(2)11(15)12(16)7-5-4-6-10(12)14-9(3)13;1-7(2)10(14)11(15)6-4-5-9(11)13-8(3)12;1-7(2)10(13)11(14)5-9(6-11)4-8(3)12;1-6(2)8(14)10(15)4-3-7(5-10)13-9(11)12;1-6(2)9(13)10(14)5-4-8(10)12-7(3)11;1-5(2)8(12)9(13)4-7(9)11-6(3)10/h9,11,14,16H,4-8H2,1-3H3;2*8,10,16H,4-7H2,1-3H3,(H2,13,14);7,9,15H,4-6H2,1-3H3,(H2,12,13);7,9,12,14H,4-6H2,1-3H3;6-7,15H,3-5H2,1-2H3,(H4,11,12,13);6,8,14H,4-5H2,1-3H3,(H2,11,12);5,7,13H,4H2,1-3H3,(H2,10,11). The zero-order valence-corrected chi connectivity index (χ0v) is 76.5. The van der Waals surface area contributed by atoms with E-state index in [1.807, 2.05) is 62.3 Å². The van der Waals surface area contributed by atoms with Crippen molar-refractivity contribution in [1.29, 1.82) is 10.8 Å². The van der Waals surface area contributed by atoms with Crippen LogP contribution >= 0.6 is 0 Å². The smallest absolute Gasteiger partial charge is 0.186 e. The second-order valence-electron chi connectivity index (χ2n) is 37.7. The molecule has 12 atom stereocenters. The van der Waals surface area contributed by atoms with Crippen molar-refractivity contribution < 1.29 is 79.2 Å². The van der Waals surface area contributed by atoms with E-state index >= 15 is 0 Å². The number of nitrogens with one attached hydrogen (secondary N) is 2. The summed E-state index contributed by atoms with van der Waals surface area (Å²) in [5.74, 6) is 1.20. The maximum absolute atomic E-state index is 12.1. The summed E-state index contributed by atoms with van der Waals surface area (Å²) in [6.07, 6.45) is 16.5. The first kappa shape index (κ1) is 110. The van der Waals surface area contributed by atoms with Crippen LogP contribution in [0.3, 0.4) is 0 Å². The summed E-state index contributed by atoms with van der Waals surface area (Å²) in [5.41, 5.74) is 29.6. The molecule has 119 heavy (non-hydrogen) atoms. The highest BCUT2D eigenvalue weighted by molar-refractivity contribution is 5.95. The summed E-state index contributed by atoms with van der Waals surface area (Å²) in [7, 11) is 0. The first-order valence-corrected chi connectivity index (χ1v) is 43.2. The molecule has 0 saturated heterocycles. The molecule has 8 saturated carbocycles. The third-order valence-electron chi connectivity index (χ3n) is 23.1. The number of Topliss-reactive ketones (excluding diaryl/α,β-unsaturated/α-hetero) is 8. The zero-order chi connectivity index (χ0) is 92.4. The third-order valence-corrected chi connectivity index (χ3v) is 23.1. The van der Waals surface area contributed by atoms with Gasteiger partial charge in [-0.25, -0.2) is 0 Å². The van der Waals surface area contributed by atoms with Crippen molar-refractivity contribution in [3.63, 3.8) is 0 Å². The Kier molecular flexibility index (Phi) is 44.0. The SMILES string of the molecule is CC(=N)CC1CC(O)(C(=O)C(C)C)C1.CC(=N)CC1CCC(O)(C(=O)C(C)C)CC1.CC(C)C(=O)C1(O)CCC(N=C(N)N)C1.CC(N)=NC1CC1(O)C(=O)C(C)C.CC(N)=NC1CCC1(O)C(=O)C(C)C.CC(N)=NC1CCCC(O)(C(=O)C(C)C)C1.CC(N)=NC1CCCC1(O)C(=O)C(C)C.CC(N)=NC1CCCCC1(O)C(=O)C(C)C. The molecule has 0 radical (unpaired) electrons. The van der Waals surface area contributed by atoms with Crippen LogP contribution in [0.1, 0.15) is 320 Å². The Morgan fingerprint density at radius 2 is 0.580 bits per heavy atom. The first-order chi connectivity index (χ1) is 54.4. The summed E-state index contributed by atoms with van der Waals surface area (Å²) >= 11 is 0. The van der Waals surface area contributed by atoms with Gasteiger partial charge in [-0.15, -0.1) is 0 Å². The predicted octanol–water partition coefficient (Wildman–Crippen LogP) is 8.08. The van der Waals surface area contributed by atoms with Crippen molar-refractivity contribution >= 4 is 92.8 Å². The van der Waals surface area contributed by atoms with Gasteiger partial charge in [-0.1, -0.05) is 117 Å². The van der Waals surface area contributed by atoms with E-state index in [0.29, 0.717) is 142 Å². The number of ketones is 8. The molecule has 8 aliphatic rings. The van der Waals surface area contributed by atoms with Crippen LogP contribution < -0.4 is 40.1 Å². The summed E-state index contributed by atoms with van der Waals surface area (Å²) in [4.78, 5) is 119. The first-order valence-electron chi connectivity index (χ1n) is 43.2. The van der Waals surface area contributed by atoms with Crippen molar-refractivity contribution in [1.82, 2.24) is 0 Å². The van der Waals surface area contributed by atoms with E-state index in [4.69, 9.17) is 51.0 Å². The fraction of sp³-hybridized carbons (Fsp3) is 0.818. The topological polar surface area (TPSA) is 602 Å². The van der Waals surface area contributed by atoms with E-state index in [1.165, 1.54) is 0 Å². The Morgan fingerprint density at radius 1 is 0.286 bits per heavy atom. The molecule has 12 unspecified atom stereocenters. The average molecular weight is 1680 g/mol. The van der Waals surface area contributed by atoms with E-state index in [2.05, 4.69) is 30.0 Å². The van der Waals surface area contributed by atoms with Crippen LogP contribution in [0.15, 0.2) is 30.0 Å². The number of aliphatic hydroxyl groups is 8. The second-order valence-corrected chi connectivity index (χ2v) is 37.7. The molecular formula is C88H159N15O16. The van der Waals surface area contributed by atoms with Crippen LogP contribution in [0.25, 0.3) is 0 Å². The molecule has 24 N–H and O–H groups in total. The highest BCUT2D eigenvalue weighted by Gasteiger charge is 2.60. The summed E-state index contributed by atoms with van der Waals surface area (Å²) < 4.78 is 0. The van der Waals surface area contributed by atoms with Gasteiger partial charge < -0.3 is 91.8 Å². The van der Waals surface area contributed by atoms with Gasteiger partial charge in [0.25, 0.3) is 0 Å². The van der Waals surface area contributed by atoms with Crippen LogP contribution in [0.2, 0.25) is 0 Å². The molecule has 0 aromatic rings. The van der Waals surface area contributed by atoms with Gasteiger partial charge in [-0.3, -0.25) is 68.3 Å².